The second kappa shape index (κ2) is 9.78. The number of hydrogen-bond donors (Lipinski definition) is 1. The van der Waals surface area contributed by atoms with Crippen LogP contribution < -0.4 is 4.74 Å². The van der Waals surface area contributed by atoms with Crippen LogP contribution in [-0.4, -0.2) is 36.6 Å². The van der Waals surface area contributed by atoms with Gasteiger partial charge in [-0.2, -0.15) is 0 Å². The summed E-state index contributed by atoms with van der Waals surface area (Å²) in [6.45, 7) is 4.15. The van der Waals surface area contributed by atoms with Crippen molar-refractivity contribution in [1.29, 1.82) is 0 Å². The van der Waals surface area contributed by atoms with E-state index in [0.717, 1.165) is 6.07 Å². The van der Waals surface area contributed by atoms with Gasteiger partial charge in [-0.3, -0.25) is 0 Å². The van der Waals surface area contributed by atoms with Crippen molar-refractivity contribution < 1.29 is 37.1 Å². The quantitative estimate of drug-likeness (QED) is 0.215. The van der Waals surface area contributed by atoms with Gasteiger partial charge in [-0.15, -0.1) is 0 Å². The van der Waals surface area contributed by atoms with Gasteiger partial charge >= 0.3 is 11.9 Å². The van der Waals surface area contributed by atoms with Gasteiger partial charge in [0.25, 0.3) is 0 Å². The molecule has 0 aliphatic heterocycles. The Morgan fingerprint density at radius 1 is 1.17 bits per heavy atom. The summed E-state index contributed by atoms with van der Waals surface area (Å²) < 4.78 is 45.7. The van der Waals surface area contributed by atoms with Crippen LogP contribution in [0.2, 0.25) is 0 Å². The lowest BCUT2D eigenvalue weighted by atomic mass is 10.0. The molecular formula is C19H17I2O8S-. The zero-order chi connectivity index (χ0) is 22.8. The van der Waals surface area contributed by atoms with Crippen LogP contribution >= 0.6 is 45.2 Å². The zero-order valence-electron chi connectivity index (χ0n) is 16.1. The third-order valence-corrected chi connectivity index (χ3v) is 6.33. The standard InChI is InChI=1S/C19H18I2O8S/c1-9(2)12-7-15(10(3)4-16(12)30(25,26)27)29-17(22)8-28-19(24)13-5-11(20)6-14(21)18(13)23/h4-7,9,23H,8H2,1-3H3,(H,25,26,27)/p-1. The molecule has 0 aliphatic carbocycles. The van der Waals surface area contributed by atoms with Crippen molar-refractivity contribution in [1.82, 2.24) is 0 Å². The molecule has 0 unspecified atom stereocenters. The first kappa shape index (κ1) is 24.8. The molecule has 0 aliphatic rings. The molecule has 0 radical (unpaired) electrons. The molecule has 0 saturated carbocycles. The number of aryl methyl sites for hydroxylation is 1. The molecule has 30 heavy (non-hydrogen) atoms. The Kier molecular flexibility index (Phi) is 8.09. The fraction of sp³-hybridized carbons (Fsp3) is 0.263. The highest BCUT2D eigenvalue weighted by Gasteiger charge is 2.20. The molecule has 162 valence electrons. The molecule has 0 spiro atoms. The molecule has 2 aromatic rings. The Morgan fingerprint density at radius 2 is 1.80 bits per heavy atom. The van der Waals surface area contributed by atoms with Crippen molar-refractivity contribution in [2.45, 2.75) is 31.6 Å². The molecule has 8 nitrogen and oxygen atoms in total. The van der Waals surface area contributed by atoms with Crippen LogP contribution in [0.1, 0.15) is 41.3 Å². The van der Waals surface area contributed by atoms with E-state index >= 15 is 0 Å². The van der Waals surface area contributed by atoms with Crippen molar-refractivity contribution >= 4 is 67.2 Å². The summed E-state index contributed by atoms with van der Waals surface area (Å²) in [5, 5.41) is 10.0. The largest absolute Gasteiger partial charge is 0.744 e. The van der Waals surface area contributed by atoms with E-state index in [1.54, 1.807) is 19.9 Å². The molecule has 0 heterocycles. The van der Waals surface area contributed by atoms with Crippen LogP contribution in [0.15, 0.2) is 29.2 Å². The zero-order valence-corrected chi connectivity index (χ0v) is 21.2. The molecule has 0 atom stereocenters. The topological polar surface area (TPSA) is 130 Å². The Morgan fingerprint density at radius 3 is 2.37 bits per heavy atom. The Balaban J connectivity index is 2.17. The lowest BCUT2D eigenvalue weighted by Crippen LogP contribution is -2.20. The smallest absolute Gasteiger partial charge is 0.349 e. The van der Waals surface area contributed by atoms with Gasteiger partial charge < -0.3 is 19.1 Å². The molecule has 2 rings (SSSR count). The van der Waals surface area contributed by atoms with Crippen LogP contribution in [0, 0.1) is 14.1 Å². The average Bonchev–Trinajstić information content (AvgIpc) is 2.63. The highest BCUT2D eigenvalue weighted by Crippen LogP contribution is 2.31. The number of benzene rings is 2. The lowest BCUT2D eigenvalue weighted by Gasteiger charge is -2.18. The number of aromatic hydroxyl groups is 1. The van der Waals surface area contributed by atoms with Crippen molar-refractivity contribution in [3.8, 4) is 11.5 Å². The van der Waals surface area contributed by atoms with E-state index in [0.29, 0.717) is 7.14 Å². The number of phenolic OH excluding ortho intramolecular Hbond substituents is 1. The van der Waals surface area contributed by atoms with Crippen LogP contribution in [0.4, 0.5) is 0 Å². The van der Waals surface area contributed by atoms with E-state index in [4.69, 9.17) is 9.47 Å². The first-order valence-electron chi connectivity index (χ1n) is 8.47. The van der Waals surface area contributed by atoms with Crippen LogP contribution in [0.3, 0.4) is 0 Å². The average molecular weight is 659 g/mol. The summed E-state index contributed by atoms with van der Waals surface area (Å²) in [7, 11) is -4.69. The SMILES string of the molecule is Cc1cc(S(=O)(=O)[O-])c(C(C)C)cc1OC(=O)COC(=O)c1cc(I)cc(I)c1O. The van der Waals surface area contributed by atoms with E-state index in [-0.39, 0.29) is 39.0 Å². The van der Waals surface area contributed by atoms with E-state index in [1.807, 2.05) is 45.2 Å². The number of rotatable bonds is 6. The van der Waals surface area contributed by atoms with Gasteiger partial charge in [0.1, 0.15) is 27.2 Å². The first-order chi connectivity index (χ1) is 13.8. The van der Waals surface area contributed by atoms with Gasteiger partial charge in [0.15, 0.2) is 6.61 Å². The second-order valence-corrected chi connectivity index (χ2v) is 10.4. The summed E-state index contributed by atoms with van der Waals surface area (Å²) in [5.74, 6) is -2.31. The minimum absolute atomic E-state index is 0.0544. The third-order valence-electron chi connectivity index (χ3n) is 3.99. The fourth-order valence-electron chi connectivity index (χ4n) is 2.53. The Hall–Kier alpha value is -1.45. The maximum atomic E-state index is 12.2. The van der Waals surface area contributed by atoms with Gasteiger partial charge in [0.2, 0.25) is 0 Å². The summed E-state index contributed by atoms with van der Waals surface area (Å²) in [6, 6.07) is 5.56. The molecule has 0 amide bonds. The summed E-state index contributed by atoms with van der Waals surface area (Å²) in [4.78, 5) is 24.0. The van der Waals surface area contributed by atoms with Gasteiger partial charge in [0, 0.05) is 3.57 Å². The van der Waals surface area contributed by atoms with Gasteiger partial charge in [-0.05, 0) is 93.4 Å². The maximum Gasteiger partial charge on any atom is 0.349 e. The van der Waals surface area contributed by atoms with E-state index in [1.165, 1.54) is 19.1 Å². The van der Waals surface area contributed by atoms with Crippen molar-refractivity contribution in [3.63, 3.8) is 0 Å². The predicted octanol–water partition coefficient (Wildman–Crippen LogP) is 3.70. The maximum absolute atomic E-state index is 12.2. The minimum Gasteiger partial charge on any atom is -0.744 e. The summed E-state index contributed by atoms with van der Waals surface area (Å²) in [5.41, 5.74) is 0.398. The third kappa shape index (κ3) is 6.04. The van der Waals surface area contributed by atoms with Crippen molar-refractivity contribution in [2.75, 3.05) is 6.61 Å². The molecule has 0 aromatic heterocycles. The molecular weight excluding hydrogens is 642 g/mol. The Bertz CT molecular complexity index is 1110. The first-order valence-corrected chi connectivity index (χ1v) is 12.0. The summed E-state index contributed by atoms with van der Waals surface area (Å²) >= 11 is 3.84. The summed E-state index contributed by atoms with van der Waals surface area (Å²) in [6.07, 6.45) is 0. The highest BCUT2D eigenvalue weighted by atomic mass is 127. The molecule has 0 fully saturated rings. The Labute approximate surface area is 201 Å². The van der Waals surface area contributed by atoms with Crippen molar-refractivity contribution in [3.05, 3.63) is 48.1 Å². The minimum atomic E-state index is -4.69. The molecule has 0 bridgehead atoms. The molecule has 0 saturated heterocycles. The van der Waals surface area contributed by atoms with Crippen LogP contribution in [0.25, 0.3) is 0 Å². The number of carbonyl (C=O) groups is 2. The monoisotopic (exact) mass is 659 g/mol. The van der Waals surface area contributed by atoms with Gasteiger partial charge in [-0.25, -0.2) is 18.0 Å². The van der Waals surface area contributed by atoms with Gasteiger partial charge in [0.05, 0.1) is 8.47 Å². The van der Waals surface area contributed by atoms with Crippen LogP contribution in [0.5, 0.6) is 11.5 Å². The number of phenols is 1. The normalized spacial score (nSPS) is 11.4. The fourth-order valence-corrected chi connectivity index (χ4v) is 5.28. The van der Waals surface area contributed by atoms with E-state index in [2.05, 4.69) is 0 Å². The predicted molar refractivity (Wildman–Crippen MR) is 123 cm³/mol. The number of carbonyl (C=O) groups excluding carboxylic acids is 2. The van der Waals surface area contributed by atoms with Crippen molar-refractivity contribution in [2.24, 2.45) is 0 Å². The van der Waals surface area contributed by atoms with Crippen LogP contribution in [-0.2, 0) is 19.6 Å². The number of halogens is 2. The lowest BCUT2D eigenvalue weighted by molar-refractivity contribution is -0.137. The molecule has 2 aromatic carbocycles. The molecule has 11 heteroatoms. The van der Waals surface area contributed by atoms with E-state index in [9.17, 15) is 27.7 Å². The highest BCUT2D eigenvalue weighted by molar-refractivity contribution is 14.1. The number of hydrogen-bond acceptors (Lipinski definition) is 8. The number of esters is 2. The van der Waals surface area contributed by atoms with Gasteiger partial charge in [-0.1, -0.05) is 13.8 Å². The second-order valence-electron chi connectivity index (χ2n) is 6.60. The molecule has 1 N–H and O–H groups in total. The number of ether oxygens (including phenoxy) is 2. The van der Waals surface area contributed by atoms with E-state index < -0.39 is 28.7 Å².